The van der Waals surface area contributed by atoms with Crippen molar-refractivity contribution >= 4 is 11.8 Å². The van der Waals surface area contributed by atoms with Crippen LogP contribution >= 0.6 is 11.8 Å². The molecule has 6 nitrogen and oxygen atoms in total. The Bertz CT molecular complexity index is 833. The average molecular weight is 356 g/mol. The van der Waals surface area contributed by atoms with Gasteiger partial charge >= 0.3 is 0 Å². The summed E-state index contributed by atoms with van der Waals surface area (Å²) < 4.78 is 12.2. The number of nitrogens with two attached hydrogens (primary N) is 1. The van der Waals surface area contributed by atoms with Crippen molar-refractivity contribution in [2.45, 2.75) is 17.8 Å². The van der Waals surface area contributed by atoms with Gasteiger partial charge in [0.2, 0.25) is 5.16 Å². The van der Waals surface area contributed by atoms with E-state index in [-0.39, 0.29) is 0 Å². The van der Waals surface area contributed by atoms with E-state index in [1.165, 1.54) is 16.4 Å². The summed E-state index contributed by atoms with van der Waals surface area (Å²) in [6.45, 7) is 2.56. The number of hydrogen-bond donors (Lipinski definition) is 1. The van der Waals surface area contributed by atoms with E-state index < -0.39 is 0 Å². The molecule has 25 heavy (non-hydrogen) atoms. The lowest BCUT2D eigenvalue weighted by Crippen LogP contribution is -2.11. The number of ether oxygens (including phenoxy) is 2. The van der Waals surface area contributed by atoms with Gasteiger partial charge in [0.25, 0.3) is 0 Å². The van der Waals surface area contributed by atoms with Gasteiger partial charge in [0.05, 0.1) is 13.7 Å². The highest BCUT2D eigenvalue weighted by atomic mass is 32.2. The summed E-state index contributed by atoms with van der Waals surface area (Å²) in [5.41, 5.74) is 2.03. The maximum absolute atomic E-state index is 6.18. The van der Waals surface area contributed by atoms with Crippen molar-refractivity contribution in [3.8, 4) is 22.9 Å². The minimum Gasteiger partial charge on any atom is -0.497 e. The lowest BCUT2D eigenvalue weighted by Gasteiger charge is -2.07. The molecular formula is C18H20N4O2S. The van der Waals surface area contributed by atoms with Gasteiger partial charge < -0.3 is 15.3 Å². The number of nitrogen functional groups attached to an aromatic ring is 1. The highest BCUT2D eigenvalue weighted by Crippen LogP contribution is 2.26. The van der Waals surface area contributed by atoms with E-state index >= 15 is 0 Å². The zero-order chi connectivity index (χ0) is 17.6. The zero-order valence-corrected chi connectivity index (χ0v) is 15.0. The molecule has 0 aliphatic rings. The molecule has 0 aliphatic heterocycles. The fourth-order valence-corrected chi connectivity index (χ4v) is 3.15. The molecule has 2 aromatic carbocycles. The summed E-state index contributed by atoms with van der Waals surface area (Å²) in [6, 6.07) is 15.6. The Morgan fingerprint density at radius 3 is 2.60 bits per heavy atom. The Kier molecular flexibility index (Phi) is 5.45. The molecular weight excluding hydrogens is 336 g/mol. The van der Waals surface area contributed by atoms with Crippen LogP contribution in [-0.2, 0) is 5.75 Å². The first-order valence-corrected chi connectivity index (χ1v) is 8.89. The van der Waals surface area contributed by atoms with Gasteiger partial charge in [0, 0.05) is 11.3 Å². The Labute approximate surface area is 150 Å². The lowest BCUT2D eigenvalue weighted by molar-refractivity contribution is 0.340. The van der Waals surface area contributed by atoms with Crippen LogP contribution in [0, 0.1) is 0 Å². The molecule has 130 valence electrons. The van der Waals surface area contributed by atoms with Crippen LogP contribution in [0.2, 0.25) is 0 Å². The van der Waals surface area contributed by atoms with Gasteiger partial charge in [0.15, 0.2) is 5.82 Å². The van der Waals surface area contributed by atoms with Crippen LogP contribution in [0.1, 0.15) is 12.5 Å². The Morgan fingerprint density at radius 1 is 1.08 bits per heavy atom. The van der Waals surface area contributed by atoms with Gasteiger partial charge in [-0.2, -0.15) is 0 Å². The van der Waals surface area contributed by atoms with Crippen molar-refractivity contribution in [1.82, 2.24) is 14.9 Å². The summed E-state index contributed by atoms with van der Waals surface area (Å²) in [7, 11) is 1.66. The second kappa shape index (κ2) is 7.94. The average Bonchev–Trinajstić information content (AvgIpc) is 3.01. The Hall–Kier alpha value is -2.67. The van der Waals surface area contributed by atoms with Gasteiger partial charge in [-0.15, -0.1) is 10.2 Å². The van der Waals surface area contributed by atoms with Crippen molar-refractivity contribution in [2.24, 2.45) is 0 Å². The predicted octanol–water partition coefficient (Wildman–Crippen LogP) is 3.36. The largest absolute Gasteiger partial charge is 0.497 e. The molecule has 0 amide bonds. The number of aromatic nitrogens is 3. The number of nitrogens with zero attached hydrogens (tertiary/aromatic N) is 3. The first-order valence-electron chi connectivity index (χ1n) is 7.90. The SMILES string of the molecule is CCOc1cccc(-c2nnc(SCc3ccc(OC)cc3)n2N)c1. The van der Waals surface area contributed by atoms with E-state index in [2.05, 4.69) is 10.2 Å². The zero-order valence-electron chi connectivity index (χ0n) is 14.2. The number of rotatable bonds is 7. The van der Waals surface area contributed by atoms with Crippen LogP contribution in [0.5, 0.6) is 11.5 Å². The van der Waals surface area contributed by atoms with E-state index in [0.717, 1.165) is 28.4 Å². The van der Waals surface area contributed by atoms with Crippen molar-refractivity contribution in [2.75, 3.05) is 19.6 Å². The van der Waals surface area contributed by atoms with Crippen LogP contribution in [-0.4, -0.2) is 28.6 Å². The van der Waals surface area contributed by atoms with Crippen molar-refractivity contribution in [3.05, 3.63) is 54.1 Å². The maximum Gasteiger partial charge on any atom is 0.210 e. The number of thioether (sulfide) groups is 1. The predicted molar refractivity (Wildman–Crippen MR) is 99.3 cm³/mol. The highest BCUT2D eigenvalue weighted by Gasteiger charge is 2.13. The number of benzene rings is 2. The van der Waals surface area contributed by atoms with Gasteiger partial charge in [0.1, 0.15) is 11.5 Å². The van der Waals surface area contributed by atoms with Crippen LogP contribution in [0.25, 0.3) is 11.4 Å². The topological polar surface area (TPSA) is 75.2 Å². The fourth-order valence-electron chi connectivity index (χ4n) is 2.33. The molecule has 0 bridgehead atoms. The van der Waals surface area contributed by atoms with Crippen LogP contribution in [0.15, 0.2) is 53.7 Å². The summed E-state index contributed by atoms with van der Waals surface area (Å²) in [6.07, 6.45) is 0. The summed E-state index contributed by atoms with van der Waals surface area (Å²) >= 11 is 1.54. The van der Waals surface area contributed by atoms with Gasteiger partial charge in [-0.1, -0.05) is 36.0 Å². The fraction of sp³-hybridized carbons (Fsp3) is 0.222. The van der Waals surface area contributed by atoms with E-state index in [9.17, 15) is 0 Å². The molecule has 7 heteroatoms. The summed E-state index contributed by atoms with van der Waals surface area (Å²) in [5, 5.41) is 9.08. The third-order valence-corrected chi connectivity index (χ3v) is 4.61. The van der Waals surface area contributed by atoms with E-state index in [4.69, 9.17) is 15.3 Å². The lowest BCUT2D eigenvalue weighted by atomic mass is 10.2. The van der Waals surface area contributed by atoms with Gasteiger partial charge in [-0.3, -0.25) is 0 Å². The van der Waals surface area contributed by atoms with Gasteiger partial charge in [-0.25, -0.2) is 4.68 Å². The van der Waals surface area contributed by atoms with Crippen molar-refractivity contribution < 1.29 is 9.47 Å². The molecule has 2 N–H and O–H groups in total. The Morgan fingerprint density at radius 2 is 1.88 bits per heavy atom. The molecule has 0 spiro atoms. The molecule has 0 unspecified atom stereocenters. The minimum atomic E-state index is 0.610. The smallest absolute Gasteiger partial charge is 0.210 e. The standard InChI is InChI=1S/C18H20N4O2S/c1-3-24-16-6-4-5-14(11-16)17-20-21-18(22(17)19)25-12-13-7-9-15(23-2)10-8-13/h4-11H,3,12,19H2,1-2H3. The second-order valence-corrected chi connectivity index (χ2v) is 6.22. The second-order valence-electron chi connectivity index (χ2n) is 5.27. The summed E-state index contributed by atoms with van der Waals surface area (Å²) in [5.74, 6) is 9.16. The van der Waals surface area contributed by atoms with Gasteiger partial charge in [-0.05, 0) is 36.8 Å². The first-order chi connectivity index (χ1) is 12.2. The molecule has 3 rings (SSSR count). The molecule has 0 aliphatic carbocycles. The molecule has 0 fully saturated rings. The molecule has 1 aromatic heterocycles. The monoisotopic (exact) mass is 356 g/mol. The quantitative estimate of drug-likeness (QED) is 0.517. The molecule has 3 aromatic rings. The van der Waals surface area contributed by atoms with Crippen LogP contribution in [0.4, 0.5) is 0 Å². The minimum absolute atomic E-state index is 0.610. The third kappa shape index (κ3) is 4.06. The maximum atomic E-state index is 6.18. The molecule has 0 saturated heterocycles. The Balaban J connectivity index is 1.73. The van der Waals surface area contributed by atoms with Crippen molar-refractivity contribution in [1.29, 1.82) is 0 Å². The molecule has 0 atom stereocenters. The van der Waals surface area contributed by atoms with Crippen molar-refractivity contribution in [3.63, 3.8) is 0 Å². The molecule has 1 heterocycles. The third-order valence-electron chi connectivity index (χ3n) is 3.59. The molecule has 0 saturated carbocycles. The van der Waals surface area contributed by atoms with Crippen LogP contribution in [0.3, 0.4) is 0 Å². The van der Waals surface area contributed by atoms with E-state index in [1.807, 2.05) is 55.5 Å². The number of methoxy groups -OCH3 is 1. The van der Waals surface area contributed by atoms with E-state index in [1.54, 1.807) is 7.11 Å². The summed E-state index contributed by atoms with van der Waals surface area (Å²) in [4.78, 5) is 0. The number of hydrogen-bond acceptors (Lipinski definition) is 6. The highest BCUT2D eigenvalue weighted by molar-refractivity contribution is 7.98. The van der Waals surface area contributed by atoms with E-state index in [0.29, 0.717) is 17.6 Å². The normalized spacial score (nSPS) is 10.6. The molecule has 0 radical (unpaired) electrons. The first kappa shape index (κ1) is 17.2. The van der Waals surface area contributed by atoms with Crippen LogP contribution < -0.4 is 15.3 Å².